The molecule has 0 unspecified atom stereocenters. The summed E-state index contributed by atoms with van der Waals surface area (Å²) >= 11 is 5.25. The maximum atomic E-state index is 11.4. The number of hydrogen-bond donors (Lipinski definition) is 2. The Hall–Kier alpha value is -0.690. The first kappa shape index (κ1) is 13.3. The van der Waals surface area contributed by atoms with Gasteiger partial charge in [-0.25, -0.2) is 4.79 Å². The van der Waals surface area contributed by atoms with Gasteiger partial charge in [-0.05, 0) is 0 Å². The van der Waals surface area contributed by atoms with Crippen LogP contribution in [0.3, 0.4) is 0 Å². The summed E-state index contributed by atoms with van der Waals surface area (Å²) in [5.41, 5.74) is 0. The number of amides is 2. The molecule has 0 radical (unpaired) electrons. The molecule has 0 rings (SSSR count). The molecule has 0 aromatic heterocycles. The molecule has 0 fully saturated rings. The van der Waals surface area contributed by atoms with Crippen LogP contribution in [0.15, 0.2) is 0 Å². The molecule has 0 aliphatic rings. The maximum Gasteiger partial charge on any atom is 0.522 e. The Labute approximate surface area is 83.7 Å². The van der Waals surface area contributed by atoms with Gasteiger partial charge in [0.1, 0.15) is 0 Å². The Morgan fingerprint density at radius 2 is 1.86 bits per heavy atom. The first-order valence-corrected chi connectivity index (χ1v) is 4.27. The molecule has 84 valence electrons. The predicted molar refractivity (Wildman–Crippen MR) is 44.1 cm³/mol. The van der Waals surface area contributed by atoms with E-state index < -0.39 is 19.0 Å². The lowest BCUT2D eigenvalue weighted by Crippen LogP contribution is -2.38. The number of urea groups is 1. The minimum Gasteiger partial charge on any atom is -0.337 e. The summed E-state index contributed by atoms with van der Waals surface area (Å²) in [7, 11) is 0. The number of ether oxygens (including phenoxy) is 1. The molecule has 0 aliphatic heterocycles. The minimum atomic E-state index is -4.66. The van der Waals surface area contributed by atoms with Crippen LogP contribution in [0, 0.1) is 0 Å². The van der Waals surface area contributed by atoms with Crippen molar-refractivity contribution in [3.63, 3.8) is 0 Å². The van der Waals surface area contributed by atoms with Crippen LogP contribution in [-0.2, 0) is 4.74 Å². The van der Waals surface area contributed by atoms with E-state index in [1.54, 1.807) is 0 Å². The van der Waals surface area contributed by atoms with Gasteiger partial charge in [-0.15, -0.1) is 24.8 Å². The number of carbonyl (C=O) groups is 1. The zero-order valence-corrected chi connectivity index (χ0v) is 7.91. The molecule has 0 saturated heterocycles. The van der Waals surface area contributed by atoms with Gasteiger partial charge in [-0.1, -0.05) is 0 Å². The van der Waals surface area contributed by atoms with Crippen molar-refractivity contribution < 1.29 is 22.7 Å². The maximum absolute atomic E-state index is 11.4. The first-order valence-electron chi connectivity index (χ1n) is 3.74. The highest BCUT2D eigenvalue weighted by molar-refractivity contribution is 6.18. The number of nitrogens with one attached hydrogen (secondary N) is 2. The standard InChI is InChI=1S/C6H10ClF3N2O2/c7-1-2-11-5(13)12-3-4-14-6(8,9)10/h1-4H2,(H2,11,12,13). The summed E-state index contributed by atoms with van der Waals surface area (Å²) in [6.07, 6.45) is -4.66. The van der Waals surface area contributed by atoms with Crippen LogP contribution < -0.4 is 10.6 Å². The van der Waals surface area contributed by atoms with E-state index >= 15 is 0 Å². The number of carbonyl (C=O) groups excluding carboxylic acids is 1. The van der Waals surface area contributed by atoms with Crippen LogP contribution in [0.2, 0.25) is 0 Å². The fourth-order valence-corrected chi connectivity index (χ4v) is 0.649. The van der Waals surface area contributed by atoms with E-state index in [1.807, 2.05) is 0 Å². The van der Waals surface area contributed by atoms with E-state index in [-0.39, 0.29) is 19.0 Å². The Morgan fingerprint density at radius 3 is 2.36 bits per heavy atom. The summed E-state index contributed by atoms with van der Waals surface area (Å²) < 4.78 is 37.7. The van der Waals surface area contributed by atoms with Gasteiger partial charge < -0.3 is 10.6 Å². The molecule has 0 saturated carbocycles. The Kier molecular flexibility index (Phi) is 6.39. The van der Waals surface area contributed by atoms with E-state index in [0.29, 0.717) is 0 Å². The second-order valence-corrected chi connectivity index (χ2v) is 2.54. The Balaban J connectivity index is 3.32. The fourth-order valence-electron chi connectivity index (χ4n) is 0.555. The van der Waals surface area contributed by atoms with Crippen molar-refractivity contribution in [3.8, 4) is 0 Å². The van der Waals surface area contributed by atoms with E-state index in [2.05, 4.69) is 15.4 Å². The summed E-state index contributed by atoms with van der Waals surface area (Å²) in [6, 6.07) is -0.573. The molecule has 0 atom stereocenters. The third kappa shape index (κ3) is 9.40. The van der Waals surface area contributed by atoms with Crippen molar-refractivity contribution in [1.82, 2.24) is 10.6 Å². The second-order valence-electron chi connectivity index (χ2n) is 2.17. The molecule has 14 heavy (non-hydrogen) atoms. The van der Waals surface area contributed by atoms with Gasteiger partial charge in [-0.3, -0.25) is 4.74 Å². The number of halogens is 4. The molecule has 2 amide bonds. The quantitative estimate of drug-likeness (QED) is 0.552. The molecule has 0 aliphatic carbocycles. The predicted octanol–water partition coefficient (Wildman–Crippen LogP) is 1.06. The van der Waals surface area contributed by atoms with Crippen molar-refractivity contribution in [2.75, 3.05) is 25.6 Å². The van der Waals surface area contributed by atoms with Crippen molar-refractivity contribution >= 4 is 17.6 Å². The normalized spacial score (nSPS) is 11.1. The molecular formula is C6H10ClF3N2O2. The largest absolute Gasteiger partial charge is 0.522 e. The highest BCUT2D eigenvalue weighted by atomic mass is 35.5. The molecule has 8 heteroatoms. The third-order valence-corrected chi connectivity index (χ3v) is 1.22. The fraction of sp³-hybridized carbons (Fsp3) is 0.833. The van der Waals surface area contributed by atoms with E-state index in [1.165, 1.54) is 0 Å². The molecular weight excluding hydrogens is 225 g/mol. The SMILES string of the molecule is O=C(NCCCl)NCCOC(F)(F)F. The van der Waals surface area contributed by atoms with Crippen molar-refractivity contribution in [2.24, 2.45) is 0 Å². The lowest BCUT2D eigenvalue weighted by Gasteiger charge is -2.08. The van der Waals surface area contributed by atoms with Gasteiger partial charge in [0.25, 0.3) is 0 Å². The van der Waals surface area contributed by atoms with Crippen molar-refractivity contribution in [3.05, 3.63) is 0 Å². The van der Waals surface area contributed by atoms with E-state index in [0.717, 1.165) is 0 Å². The molecule has 4 nitrogen and oxygen atoms in total. The van der Waals surface area contributed by atoms with Crippen LogP contribution in [0.5, 0.6) is 0 Å². The smallest absolute Gasteiger partial charge is 0.337 e. The van der Waals surface area contributed by atoms with Gasteiger partial charge >= 0.3 is 12.4 Å². The van der Waals surface area contributed by atoms with Crippen LogP contribution in [0.1, 0.15) is 0 Å². The average Bonchev–Trinajstić information content (AvgIpc) is 2.07. The third-order valence-electron chi connectivity index (χ3n) is 1.03. The van der Waals surface area contributed by atoms with Crippen LogP contribution in [-0.4, -0.2) is 38.0 Å². The molecule has 0 bridgehead atoms. The van der Waals surface area contributed by atoms with Gasteiger partial charge in [0.15, 0.2) is 0 Å². The van der Waals surface area contributed by atoms with Gasteiger partial charge in [-0.2, -0.15) is 0 Å². The first-order chi connectivity index (χ1) is 6.45. The molecule has 0 spiro atoms. The van der Waals surface area contributed by atoms with E-state index in [9.17, 15) is 18.0 Å². The summed E-state index contributed by atoms with van der Waals surface area (Å²) in [5, 5.41) is 4.47. The second kappa shape index (κ2) is 6.72. The van der Waals surface area contributed by atoms with Crippen LogP contribution in [0.25, 0.3) is 0 Å². The monoisotopic (exact) mass is 234 g/mol. The minimum absolute atomic E-state index is 0.215. The Morgan fingerprint density at radius 1 is 1.29 bits per heavy atom. The number of hydrogen-bond acceptors (Lipinski definition) is 2. The molecule has 2 N–H and O–H groups in total. The number of rotatable bonds is 5. The molecule has 0 heterocycles. The van der Waals surface area contributed by atoms with Gasteiger partial charge in [0.2, 0.25) is 0 Å². The lowest BCUT2D eigenvalue weighted by atomic mass is 10.6. The summed E-state index contributed by atoms with van der Waals surface area (Å²) in [6.45, 7) is -0.570. The highest BCUT2D eigenvalue weighted by Gasteiger charge is 2.28. The van der Waals surface area contributed by atoms with Crippen molar-refractivity contribution in [1.29, 1.82) is 0 Å². The van der Waals surface area contributed by atoms with E-state index in [4.69, 9.17) is 11.6 Å². The molecule has 0 aromatic carbocycles. The lowest BCUT2D eigenvalue weighted by molar-refractivity contribution is -0.323. The summed E-state index contributed by atoms with van der Waals surface area (Å²) in [4.78, 5) is 10.7. The zero-order valence-electron chi connectivity index (χ0n) is 7.16. The highest BCUT2D eigenvalue weighted by Crippen LogP contribution is 2.14. The van der Waals surface area contributed by atoms with Crippen molar-refractivity contribution in [2.45, 2.75) is 6.36 Å². The topological polar surface area (TPSA) is 50.4 Å². The number of alkyl halides is 4. The summed E-state index contributed by atoms with van der Waals surface area (Å²) in [5.74, 6) is 0.243. The Bertz CT molecular complexity index is 177. The average molecular weight is 235 g/mol. The van der Waals surface area contributed by atoms with Crippen LogP contribution in [0.4, 0.5) is 18.0 Å². The van der Waals surface area contributed by atoms with Crippen LogP contribution >= 0.6 is 11.6 Å². The zero-order chi connectivity index (χ0) is 11.0. The van der Waals surface area contributed by atoms with Gasteiger partial charge in [0.05, 0.1) is 6.61 Å². The molecule has 0 aromatic rings. The van der Waals surface area contributed by atoms with Gasteiger partial charge in [0, 0.05) is 19.0 Å².